The van der Waals surface area contributed by atoms with E-state index in [1.165, 1.54) is 48.2 Å². The quantitative estimate of drug-likeness (QED) is 0.433. The Morgan fingerprint density at radius 1 is 1.12 bits per heavy atom. The van der Waals surface area contributed by atoms with Crippen LogP contribution in [0.1, 0.15) is 21.7 Å². The van der Waals surface area contributed by atoms with Gasteiger partial charge in [0.05, 0.1) is 16.9 Å². The Balaban J connectivity index is 1.71. The standard InChI is InChI=1S/C21H14F3N5O2S2/c1-12-10-16(30)18(28-29(12)15-8-4-2-6-13(15)21(22,23)24)19(31)26-14-7-3-5-9-17(14)33-20-27-25-11-32-20/h2-11H,1H3,(H,26,31). The summed E-state index contributed by atoms with van der Waals surface area (Å²) in [5.41, 5.74) is -0.347. The molecule has 0 aliphatic rings. The summed E-state index contributed by atoms with van der Waals surface area (Å²) in [5, 5.41) is 14.3. The number of rotatable bonds is 5. The normalized spacial score (nSPS) is 11.4. The summed E-state index contributed by atoms with van der Waals surface area (Å²) in [4.78, 5) is 26.1. The summed E-state index contributed by atoms with van der Waals surface area (Å²) in [6.07, 6.45) is -4.64. The van der Waals surface area contributed by atoms with Crippen molar-refractivity contribution in [1.29, 1.82) is 0 Å². The number of halogens is 3. The maximum atomic E-state index is 13.5. The fourth-order valence-corrected chi connectivity index (χ4v) is 4.51. The summed E-state index contributed by atoms with van der Waals surface area (Å²) >= 11 is 2.59. The highest BCUT2D eigenvalue weighted by Gasteiger charge is 2.34. The minimum atomic E-state index is -4.64. The van der Waals surface area contributed by atoms with Crippen molar-refractivity contribution in [2.75, 3.05) is 5.32 Å². The van der Waals surface area contributed by atoms with Crippen LogP contribution in [0, 0.1) is 6.92 Å². The molecular weight excluding hydrogens is 475 g/mol. The molecule has 0 unspecified atom stereocenters. The van der Waals surface area contributed by atoms with Crippen molar-refractivity contribution in [3.05, 3.63) is 87.3 Å². The Morgan fingerprint density at radius 3 is 2.58 bits per heavy atom. The third kappa shape index (κ3) is 4.96. The number of aromatic nitrogens is 4. The number of hydrogen-bond donors (Lipinski definition) is 1. The fraction of sp³-hybridized carbons (Fsp3) is 0.0952. The minimum Gasteiger partial charge on any atom is -0.319 e. The highest BCUT2D eigenvalue weighted by atomic mass is 32.2. The molecule has 2 aromatic carbocycles. The summed E-state index contributed by atoms with van der Waals surface area (Å²) in [7, 11) is 0. The third-order valence-electron chi connectivity index (χ3n) is 4.43. The van der Waals surface area contributed by atoms with E-state index < -0.39 is 28.8 Å². The summed E-state index contributed by atoms with van der Waals surface area (Å²) in [6, 6.07) is 12.7. The number of benzene rings is 2. The second-order valence-electron chi connectivity index (χ2n) is 6.68. The predicted molar refractivity (Wildman–Crippen MR) is 118 cm³/mol. The number of nitrogens with zero attached hydrogens (tertiary/aromatic N) is 4. The van der Waals surface area contributed by atoms with Crippen LogP contribution in [0.25, 0.3) is 5.69 Å². The zero-order valence-corrected chi connectivity index (χ0v) is 18.5. The molecule has 0 aliphatic carbocycles. The van der Waals surface area contributed by atoms with Gasteiger partial charge in [-0.2, -0.15) is 18.3 Å². The first-order valence-corrected chi connectivity index (χ1v) is 11.1. The van der Waals surface area contributed by atoms with Crippen LogP contribution in [0.15, 0.2) is 74.1 Å². The van der Waals surface area contributed by atoms with E-state index >= 15 is 0 Å². The lowest BCUT2D eigenvalue weighted by atomic mass is 10.1. The molecule has 0 fully saturated rings. The van der Waals surface area contributed by atoms with Crippen molar-refractivity contribution >= 4 is 34.7 Å². The number of aryl methyl sites for hydroxylation is 1. The number of nitrogens with one attached hydrogen (secondary N) is 1. The van der Waals surface area contributed by atoms with Crippen LogP contribution in [0.4, 0.5) is 18.9 Å². The average molecular weight is 490 g/mol. The van der Waals surface area contributed by atoms with Crippen LogP contribution in [0.2, 0.25) is 0 Å². The molecule has 0 bridgehead atoms. The molecule has 0 atom stereocenters. The highest BCUT2D eigenvalue weighted by molar-refractivity contribution is 8.01. The van der Waals surface area contributed by atoms with E-state index in [0.717, 1.165) is 16.8 Å². The van der Waals surface area contributed by atoms with Crippen LogP contribution in [-0.2, 0) is 6.18 Å². The molecule has 12 heteroatoms. The number of carbonyl (C=O) groups is 1. The largest absolute Gasteiger partial charge is 0.418 e. The summed E-state index contributed by atoms with van der Waals surface area (Å²) < 4.78 is 42.1. The Morgan fingerprint density at radius 2 is 1.85 bits per heavy atom. The van der Waals surface area contributed by atoms with Crippen molar-refractivity contribution < 1.29 is 18.0 Å². The lowest BCUT2D eigenvalue weighted by Crippen LogP contribution is -2.27. The SMILES string of the molecule is Cc1cc(=O)c(C(=O)Nc2ccccc2Sc2nncs2)nn1-c1ccccc1C(F)(F)F. The topological polar surface area (TPSA) is 89.8 Å². The van der Waals surface area contributed by atoms with Crippen molar-refractivity contribution in [2.24, 2.45) is 0 Å². The Labute approximate surface area is 193 Å². The van der Waals surface area contributed by atoms with Gasteiger partial charge in [-0.25, -0.2) is 4.68 Å². The zero-order valence-electron chi connectivity index (χ0n) is 16.8. The first kappa shape index (κ1) is 22.7. The van der Waals surface area contributed by atoms with E-state index in [-0.39, 0.29) is 11.4 Å². The van der Waals surface area contributed by atoms with Gasteiger partial charge in [-0.15, -0.1) is 10.2 Å². The molecule has 0 radical (unpaired) electrons. The average Bonchev–Trinajstić information content (AvgIpc) is 3.28. The van der Waals surface area contributed by atoms with Gasteiger partial charge < -0.3 is 5.32 Å². The Kier molecular flexibility index (Phi) is 6.29. The molecule has 1 amide bonds. The molecule has 2 heterocycles. The number of alkyl halides is 3. The molecule has 0 saturated carbocycles. The van der Waals surface area contributed by atoms with Crippen molar-refractivity contribution in [1.82, 2.24) is 20.0 Å². The van der Waals surface area contributed by atoms with Gasteiger partial charge in [0.1, 0.15) is 5.51 Å². The maximum absolute atomic E-state index is 13.5. The molecule has 7 nitrogen and oxygen atoms in total. The molecule has 0 spiro atoms. The Hall–Kier alpha value is -3.51. The van der Waals surface area contributed by atoms with Crippen LogP contribution in [0.5, 0.6) is 0 Å². The molecule has 4 rings (SSSR count). The number of carbonyl (C=O) groups excluding carboxylic acids is 1. The number of anilines is 1. The number of amides is 1. The first-order valence-electron chi connectivity index (χ1n) is 9.36. The van der Waals surface area contributed by atoms with E-state index in [2.05, 4.69) is 20.6 Å². The van der Waals surface area contributed by atoms with Crippen molar-refractivity contribution in [3.63, 3.8) is 0 Å². The predicted octanol–water partition coefficient (Wildman–Crippen LogP) is 4.81. The molecule has 2 aromatic heterocycles. The number of hydrogen-bond acceptors (Lipinski definition) is 7. The summed E-state index contributed by atoms with van der Waals surface area (Å²) in [6.45, 7) is 1.44. The molecule has 4 aromatic rings. The lowest BCUT2D eigenvalue weighted by molar-refractivity contribution is -0.137. The van der Waals surface area contributed by atoms with Crippen molar-refractivity contribution in [3.8, 4) is 5.69 Å². The van der Waals surface area contributed by atoms with Gasteiger partial charge in [0, 0.05) is 16.7 Å². The highest BCUT2D eigenvalue weighted by Crippen LogP contribution is 2.35. The van der Waals surface area contributed by atoms with Gasteiger partial charge in [-0.05, 0) is 31.2 Å². The van der Waals surface area contributed by atoms with Gasteiger partial charge in [0.25, 0.3) is 5.91 Å². The zero-order chi connectivity index (χ0) is 23.6. The fourth-order valence-electron chi connectivity index (χ4n) is 2.99. The van der Waals surface area contributed by atoms with Crippen molar-refractivity contribution in [2.45, 2.75) is 22.3 Å². The van der Waals surface area contributed by atoms with E-state index in [4.69, 9.17) is 0 Å². The molecule has 1 N–H and O–H groups in total. The molecular formula is C21H14F3N5O2S2. The van der Waals surface area contributed by atoms with Gasteiger partial charge in [0.15, 0.2) is 10.0 Å². The lowest BCUT2D eigenvalue weighted by Gasteiger charge is -2.17. The second kappa shape index (κ2) is 9.16. The van der Waals surface area contributed by atoms with Gasteiger partial charge in [0.2, 0.25) is 5.43 Å². The van der Waals surface area contributed by atoms with E-state index in [1.54, 1.807) is 29.8 Å². The van der Waals surface area contributed by atoms with Crippen LogP contribution in [-0.4, -0.2) is 25.9 Å². The Bertz CT molecular complexity index is 1370. The van der Waals surface area contributed by atoms with Crippen LogP contribution >= 0.6 is 23.1 Å². The maximum Gasteiger partial charge on any atom is 0.418 e. The van der Waals surface area contributed by atoms with Gasteiger partial charge in [-0.1, -0.05) is 47.4 Å². The summed E-state index contributed by atoms with van der Waals surface area (Å²) in [5.74, 6) is -0.844. The second-order valence-corrected chi connectivity index (χ2v) is 8.80. The monoisotopic (exact) mass is 489 g/mol. The third-order valence-corrected chi connectivity index (χ3v) is 6.29. The number of para-hydroxylation sites is 2. The first-order chi connectivity index (χ1) is 15.7. The van der Waals surface area contributed by atoms with Crippen LogP contribution < -0.4 is 10.7 Å². The molecule has 168 valence electrons. The van der Waals surface area contributed by atoms with Gasteiger partial charge >= 0.3 is 6.18 Å². The smallest absolute Gasteiger partial charge is 0.319 e. The minimum absolute atomic E-state index is 0.153. The van der Waals surface area contributed by atoms with E-state index in [1.807, 2.05) is 0 Å². The molecule has 33 heavy (non-hydrogen) atoms. The molecule has 0 aliphatic heterocycles. The van der Waals surface area contributed by atoms with E-state index in [0.29, 0.717) is 14.9 Å². The van der Waals surface area contributed by atoms with Gasteiger partial charge in [-0.3, -0.25) is 9.59 Å². The van der Waals surface area contributed by atoms with Crippen LogP contribution in [0.3, 0.4) is 0 Å². The van der Waals surface area contributed by atoms with E-state index in [9.17, 15) is 22.8 Å². The molecule has 0 saturated heterocycles.